The van der Waals surface area contributed by atoms with E-state index in [4.69, 9.17) is 23.4 Å². The topological polar surface area (TPSA) is 63.6 Å². The molecular formula is C52H58B3N4O4+. The normalized spacial score (nSPS) is 14.4. The molecule has 0 saturated carbocycles. The average Bonchev–Trinajstić information content (AvgIpc) is 3.78. The van der Waals surface area contributed by atoms with Gasteiger partial charge in [-0.15, -0.1) is 0 Å². The molecule has 0 unspecified atom stereocenters. The molecule has 5 aromatic carbocycles. The molecule has 0 radical (unpaired) electrons. The summed E-state index contributed by atoms with van der Waals surface area (Å²) < 4.78 is 33.2. The van der Waals surface area contributed by atoms with Gasteiger partial charge in [-0.1, -0.05) is 126 Å². The fraction of sp³-hybridized carbons (Fsp3) is 0.308. The molecule has 1 aliphatic heterocycles. The Morgan fingerprint density at radius 3 is 1.90 bits per heavy atom. The number of ether oxygens (including phenoxy) is 1. The lowest BCUT2D eigenvalue weighted by Gasteiger charge is -2.41. The van der Waals surface area contributed by atoms with Crippen LogP contribution >= 0.6 is 0 Å². The summed E-state index contributed by atoms with van der Waals surface area (Å²) in [7, 11) is -1.50. The summed E-state index contributed by atoms with van der Waals surface area (Å²) in [5, 5.41) is 1.82. The van der Waals surface area contributed by atoms with Crippen molar-refractivity contribution in [3.8, 4) is 28.7 Å². The Labute approximate surface area is 373 Å². The highest BCUT2D eigenvalue weighted by Crippen LogP contribution is 2.39. The SMILES string of the molecule is CC(C)(C)B1OB(c2cc(-[n+]3cn(-c4cccc(Oc5ccc6c7ccccc7n(-c7cc(C(C)(C)C)ccn7)c6c5)c4)c4ccccc43)cc(C(C)(C)C)c2)OB(C(C)(C)C)O1. The van der Waals surface area contributed by atoms with Crippen molar-refractivity contribution in [2.24, 2.45) is 0 Å². The number of imidazole rings is 1. The van der Waals surface area contributed by atoms with E-state index in [9.17, 15) is 0 Å². The van der Waals surface area contributed by atoms with Crippen LogP contribution in [0.3, 0.4) is 0 Å². The summed E-state index contributed by atoms with van der Waals surface area (Å²) >= 11 is 0. The Bertz CT molecular complexity index is 2980. The maximum Gasteiger partial charge on any atom is 0.466 e. The minimum atomic E-state index is -0.610. The number of fused-ring (bicyclic) bond motifs is 4. The van der Waals surface area contributed by atoms with E-state index in [2.05, 4.69) is 218 Å². The van der Waals surface area contributed by atoms with Gasteiger partial charge in [0.15, 0.2) is 11.0 Å². The van der Waals surface area contributed by atoms with Crippen molar-refractivity contribution in [2.75, 3.05) is 0 Å². The third-order valence-corrected chi connectivity index (χ3v) is 12.0. The molecule has 1 aliphatic rings. The van der Waals surface area contributed by atoms with Crippen LogP contribution in [0.25, 0.3) is 50.0 Å². The quantitative estimate of drug-likeness (QED) is 0.123. The van der Waals surface area contributed by atoms with Crippen molar-refractivity contribution in [1.82, 2.24) is 14.1 Å². The number of aromatic nitrogens is 4. The number of hydrogen-bond donors (Lipinski definition) is 0. The van der Waals surface area contributed by atoms with Gasteiger partial charge in [-0.2, -0.15) is 9.13 Å². The zero-order valence-electron chi connectivity index (χ0n) is 38.9. The van der Waals surface area contributed by atoms with E-state index in [0.717, 1.165) is 61.6 Å². The van der Waals surface area contributed by atoms with Crippen LogP contribution in [0.1, 0.15) is 94.2 Å². The number of hydrogen-bond acceptors (Lipinski definition) is 5. The van der Waals surface area contributed by atoms with Crippen molar-refractivity contribution >= 4 is 59.7 Å². The average molecular weight is 835 g/mol. The maximum absolute atomic E-state index is 6.73. The smallest absolute Gasteiger partial charge is 0.457 e. The summed E-state index contributed by atoms with van der Waals surface area (Å²) in [5.74, 6) is 2.37. The molecule has 0 aliphatic carbocycles. The van der Waals surface area contributed by atoms with E-state index >= 15 is 0 Å². The molecule has 8 nitrogen and oxygen atoms in total. The lowest BCUT2D eigenvalue weighted by atomic mass is 9.50. The first-order valence-electron chi connectivity index (χ1n) is 22.1. The third-order valence-electron chi connectivity index (χ3n) is 12.0. The highest BCUT2D eigenvalue weighted by molar-refractivity contribution is 6.81. The van der Waals surface area contributed by atoms with Gasteiger partial charge in [0.2, 0.25) is 0 Å². The van der Waals surface area contributed by atoms with Gasteiger partial charge in [-0.05, 0) is 105 Å². The van der Waals surface area contributed by atoms with Crippen molar-refractivity contribution in [1.29, 1.82) is 0 Å². The van der Waals surface area contributed by atoms with Crippen LogP contribution in [0, 0.1) is 0 Å². The number of pyridine rings is 1. The van der Waals surface area contributed by atoms with Gasteiger partial charge in [0, 0.05) is 29.1 Å². The molecule has 1 fully saturated rings. The lowest BCUT2D eigenvalue weighted by Crippen LogP contribution is -2.59. The number of benzene rings is 5. The Morgan fingerprint density at radius 1 is 0.556 bits per heavy atom. The first-order valence-corrected chi connectivity index (χ1v) is 22.1. The molecule has 318 valence electrons. The van der Waals surface area contributed by atoms with Gasteiger partial charge < -0.3 is 18.5 Å². The zero-order chi connectivity index (χ0) is 44.6. The molecule has 3 aromatic heterocycles. The second kappa shape index (κ2) is 15.6. The van der Waals surface area contributed by atoms with Gasteiger partial charge in [0.25, 0.3) is 6.33 Å². The molecule has 11 heteroatoms. The van der Waals surface area contributed by atoms with Crippen LogP contribution in [-0.2, 0) is 24.5 Å². The summed E-state index contributed by atoms with van der Waals surface area (Å²) in [6, 6.07) is 42.7. The largest absolute Gasteiger partial charge is 0.466 e. The summed E-state index contributed by atoms with van der Waals surface area (Å²) in [6.07, 6.45) is 4.08. The summed E-state index contributed by atoms with van der Waals surface area (Å²) in [6.45, 7) is 26.3. The minimum Gasteiger partial charge on any atom is -0.457 e. The van der Waals surface area contributed by atoms with Crippen LogP contribution in [0.2, 0.25) is 10.6 Å². The first kappa shape index (κ1) is 42.7. The monoisotopic (exact) mass is 835 g/mol. The number of nitrogens with zero attached hydrogens (tertiary/aromatic N) is 4. The minimum absolute atomic E-state index is 0.0136. The lowest BCUT2D eigenvalue weighted by molar-refractivity contribution is -0.567. The van der Waals surface area contributed by atoms with E-state index in [0.29, 0.717) is 0 Å². The Morgan fingerprint density at radius 2 is 1.21 bits per heavy atom. The second-order valence-electron chi connectivity index (χ2n) is 21.3. The molecular weight excluding hydrogens is 777 g/mol. The molecule has 8 aromatic rings. The van der Waals surface area contributed by atoms with Gasteiger partial charge in [0.05, 0.1) is 11.0 Å². The van der Waals surface area contributed by atoms with Crippen LogP contribution in [0.5, 0.6) is 11.5 Å². The van der Waals surface area contributed by atoms with Crippen molar-refractivity contribution in [3.05, 3.63) is 145 Å². The van der Waals surface area contributed by atoms with Crippen molar-refractivity contribution in [3.63, 3.8) is 0 Å². The Hall–Kier alpha value is -5.61. The second-order valence-corrected chi connectivity index (χ2v) is 21.3. The number of para-hydroxylation sites is 3. The Balaban J connectivity index is 1.10. The van der Waals surface area contributed by atoms with Gasteiger partial charge in [-0.3, -0.25) is 4.57 Å². The molecule has 9 rings (SSSR count). The standard InChI is InChI=1S/C52H58B3N4O4/c1-49(2,3)35-26-27-56-48(30-35)59-44-21-14-13-20-42(44)43-25-24-41(33-47(43)59)60-40-19-17-18-38(32-40)57-34-58(46-23-16-15-22-45(46)57)39-29-36(50(4,5)6)28-37(31-39)53-61-54(51(7,8)9)63-55(62-53)52(10,11)12/h13-34H,1-12H3/q+1. The van der Waals surface area contributed by atoms with E-state index in [1.54, 1.807) is 0 Å². The molecule has 0 bridgehead atoms. The Kier molecular flexibility index (Phi) is 10.6. The molecule has 0 amide bonds. The van der Waals surface area contributed by atoms with Crippen LogP contribution in [0.15, 0.2) is 134 Å². The molecule has 4 heterocycles. The zero-order valence-corrected chi connectivity index (χ0v) is 38.9. The summed E-state index contributed by atoms with van der Waals surface area (Å²) in [4.78, 5) is 4.87. The fourth-order valence-electron chi connectivity index (χ4n) is 8.37. The van der Waals surface area contributed by atoms with E-state index in [-0.39, 0.29) is 21.5 Å². The predicted molar refractivity (Wildman–Crippen MR) is 260 cm³/mol. The van der Waals surface area contributed by atoms with Gasteiger partial charge in [-0.25, -0.2) is 4.98 Å². The van der Waals surface area contributed by atoms with E-state index in [1.807, 2.05) is 12.3 Å². The molecule has 0 spiro atoms. The van der Waals surface area contributed by atoms with E-state index in [1.165, 1.54) is 16.5 Å². The van der Waals surface area contributed by atoms with Gasteiger partial charge in [0.1, 0.15) is 28.7 Å². The van der Waals surface area contributed by atoms with Crippen LogP contribution < -0.4 is 14.8 Å². The van der Waals surface area contributed by atoms with Crippen molar-refractivity contribution in [2.45, 2.75) is 105 Å². The predicted octanol–water partition coefficient (Wildman–Crippen LogP) is 12.1. The van der Waals surface area contributed by atoms with Crippen LogP contribution in [0.4, 0.5) is 0 Å². The first-order chi connectivity index (χ1) is 29.7. The molecule has 0 atom stereocenters. The highest BCUT2D eigenvalue weighted by atomic mass is 16.7. The maximum atomic E-state index is 6.73. The highest BCUT2D eigenvalue weighted by Gasteiger charge is 2.51. The van der Waals surface area contributed by atoms with Crippen LogP contribution in [-0.4, -0.2) is 35.5 Å². The van der Waals surface area contributed by atoms with Crippen molar-refractivity contribution < 1.29 is 23.0 Å². The fourth-order valence-corrected chi connectivity index (χ4v) is 8.37. The molecule has 1 saturated heterocycles. The summed E-state index contributed by atoms with van der Waals surface area (Å²) in [5.41, 5.74) is 9.48. The number of rotatable bonds is 6. The molecule has 63 heavy (non-hydrogen) atoms. The van der Waals surface area contributed by atoms with Gasteiger partial charge >= 0.3 is 21.4 Å². The third kappa shape index (κ3) is 8.35. The molecule has 0 N–H and O–H groups in total. The van der Waals surface area contributed by atoms with E-state index < -0.39 is 21.4 Å².